The summed E-state index contributed by atoms with van der Waals surface area (Å²) in [6, 6.07) is -0.831. The second-order valence-electron chi connectivity index (χ2n) is 16.2. The highest BCUT2D eigenvalue weighted by atomic mass is 16.7. The van der Waals surface area contributed by atoms with Crippen molar-refractivity contribution in [2.75, 3.05) is 19.8 Å². The van der Waals surface area contributed by atoms with E-state index in [-0.39, 0.29) is 18.9 Å². The molecule has 0 saturated carbocycles. The maximum absolute atomic E-state index is 13.0. The minimum atomic E-state index is -1.78. The van der Waals surface area contributed by atoms with Gasteiger partial charge >= 0.3 is 0 Å². The molecule has 2 aliphatic rings. The van der Waals surface area contributed by atoms with Crippen molar-refractivity contribution in [2.45, 2.75) is 222 Å². The third kappa shape index (κ3) is 21.2. The summed E-state index contributed by atoms with van der Waals surface area (Å²) in [7, 11) is 0. The van der Waals surface area contributed by atoms with Gasteiger partial charge in [0.1, 0.15) is 48.8 Å². The number of hydrogen-bond donors (Lipinski definition) is 9. The highest BCUT2D eigenvalue weighted by Gasteiger charge is 2.51. The lowest BCUT2D eigenvalue weighted by molar-refractivity contribution is -0.359. The summed E-state index contributed by atoms with van der Waals surface area (Å²) in [5.74, 6) is -0.231. The highest BCUT2D eigenvalue weighted by Crippen LogP contribution is 2.30. The van der Waals surface area contributed by atoms with E-state index in [9.17, 15) is 45.6 Å². The van der Waals surface area contributed by atoms with Crippen LogP contribution in [-0.4, -0.2) is 140 Å². The Labute approximate surface area is 353 Å². The molecule has 0 bridgehead atoms. The zero-order valence-corrected chi connectivity index (χ0v) is 36.0. The molecule has 1 amide bonds. The molecule has 0 aromatic carbocycles. The number of allylic oxidation sites excluding steroid dienone is 6. The molecule has 2 saturated heterocycles. The second kappa shape index (κ2) is 32.9. The number of hydrogen-bond acceptors (Lipinski definition) is 13. The maximum Gasteiger partial charge on any atom is 0.220 e. The van der Waals surface area contributed by atoms with E-state index in [2.05, 4.69) is 55.6 Å². The average molecular weight is 844 g/mol. The molecule has 2 aliphatic heterocycles. The van der Waals surface area contributed by atoms with E-state index in [0.29, 0.717) is 12.8 Å². The van der Waals surface area contributed by atoms with Crippen LogP contribution in [-0.2, 0) is 23.7 Å². The first-order valence-corrected chi connectivity index (χ1v) is 22.7. The SMILES string of the molecule is CCCCCCC/C=C\C/C=C\C/C=C\CCCCCCCCC(=O)NC(COC1OC(CO)C(OC2OC(CO)C(O)C(O)C2O)C(O)C1O)C(O)CCCCCC. The van der Waals surface area contributed by atoms with Crippen LogP contribution < -0.4 is 5.32 Å². The van der Waals surface area contributed by atoms with Gasteiger partial charge in [0.25, 0.3) is 0 Å². The van der Waals surface area contributed by atoms with Crippen LogP contribution in [0.15, 0.2) is 36.5 Å². The Balaban J connectivity index is 1.73. The van der Waals surface area contributed by atoms with Crippen LogP contribution in [0.25, 0.3) is 0 Å². The van der Waals surface area contributed by atoms with Gasteiger partial charge in [-0.05, 0) is 51.4 Å². The lowest BCUT2D eigenvalue weighted by atomic mass is 9.97. The van der Waals surface area contributed by atoms with Gasteiger partial charge in [-0.1, -0.05) is 127 Å². The van der Waals surface area contributed by atoms with Gasteiger partial charge in [-0.2, -0.15) is 0 Å². The van der Waals surface area contributed by atoms with Gasteiger partial charge in [-0.15, -0.1) is 0 Å². The van der Waals surface area contributed by atoms with Crippen LogP contribution in [0.2, 0.25) is 0 Å². The van der Waals surface area contributed by atoms with E-state index in [1.165, 1.54) is 38.5 Å². The van der Waals surface area contributed by atoms with Gasteiger partial charge < -0.3 is 65.1 Å². The van der Waals surface area contributed by atoms with Crippen molar-refractivity contribution >= 4 is 5.91 Å². The lowest BCUT2D eigenvalue weighted by Gasteiger charge is -2.46. The van der Waals surface area contributed by atoms with Crippen LogP contribution in [0, 0.1) is 0 Å². The number of aliphatic hydroxyl groups is 8. The summed E-state index contributed by atoms with van der Waals surface area (Å²) >= 11 is 0. The van der Waals surface area contributed by atoms with E-state index < -0.39 is 86.8 Å². The molecule has 12 atom stereocenters. The number of carbonyl (C=O) groups is 1. The number of amides is 1. The van der Waals surface area contributed by atoms with Gasteiger partial charge in [0, 0.05) is 6.42 Å². The molecule has 2 rings (SSSR count). The Hall–Kier alpha value is -1.79. The normalized spacial score (nSPS) is 28.8. The van der Waals surface area contributed by atoms with E-state index in [0.717, 1.165) is 77.0 Å². The molecule has 14 nitrogen and oxygen atoms in total. The van der Waals surface area contributed by atoms with Crippen LogP contribution in [0.3, 0.4) is 0 Å². The van der Waals surface area contributed by atoms with Crippen molar-refractivity contribution in [3.63, 3.8) is 0 Å². The Bertz CT molecular complexity index is 1140. The molecule has 0 radical (unpaired) electrons. The molecule has 2 fully saturated rings. The van der Waals surface area contributed by atoms with Crippen molar-refractivity contribution in [1.82, 2.24) is 5.32 Å². The summed E-state index contributed by atoms with van der Waals surface area (Å²) < 4.78 is 22.5. The molecule has 0 aromatic heterocycles. The Morgan fingerprint density at radius 2 is 1.12 bits per heavy atom. The average Bonchev–Trinajstić information content (AvgIpc) is 3.23. The Morgan fingerprint density at radius 3 is 1.71 bits per heavy atom. The number of unbranched alkanes of at least 4 members (excludes halogenated alkanes) is 14. The lowest BCUT2D eigenvalue weighted by Crippen LogP contribution is -2.65. The predicted molar refractivity (Wildman–Crippen MR) is 226 cm³/mol. The van der Waals surface area contributed by atoms with Crippen molar-refractivity contribution in [3.8, 4) is 0 Å². The minimum Gasteiger partial charge on any atom is -0.394 e. The predicted octanol–water partition coefficient (Wildman–Crippen LogP) is 4.37. The summed E-state index contributed by atoms with van der Waals surface area (Å²) in [4.78, 5) is 13.0. The zero-order chi connectivity index (χ0) is 43.3. The third-order valence-corrected chi connectivity index (χ3v) is 11.1. The standard InChI is InChI=1S/C45H81NO13/c1-3-5-7-9-10-11-12-13-14-15-16-17-18-19-20-21-22-23-24-25-27-29-37(50)46-33(34(49)28-26-8-6-4-2)32-56-44-42(55)40(53)43(36(31-48)58-44)59-45-41(54)39(52)38(51)35(30-47)57-45/h12-13,15-16,18-19,33-36,38-45,47-49,51-55H,3-11,14,17,20-32H2,1-2H3,(H,46,50)/b13-12-,16-15-,19-18-. The van der Waals surface area contributed by atoms with E-state index in [1.54, 1.807) is 0 Å². The number of carbonyl (C=O) groups excluding carboxylic acids is 1. The van der Waals surface area contributed by atoms with Crippen LogP contribution in [0.4, 0.5) is 0 Å². The number of ether oxygens (including phenoxy) is 4. The van der Waals surface area contributed by atoms with Gasteiger partial charge in [0.2, 0.25) is 5.91 Å². The minimum absolute atomic E-state index is 0.231. The number of aliphatic hydroxyl groups excluding tert-OH is 8. The van der Waals surface area contributed by atoms with Crippen molar-refractivity contribution in [2.24, 2.45) is 0 Å². The Kier molecular flexibility index (Phi) is 29.7. The van der Waals surface area contributed by atoms with Crippen molar-refractivity contribution < 1.29 is 64.6 Å². The van der Waals surface area contributed by atoms with Gasteiger partial charge in [0.05, 0.1) is 32.0 Å². The highest BCUT2D eigenvalue weighted by molar-refractivity contribution is 5.76. The van der Waals surface area contributed by atoms with Crippen LogP contribution in [0.5, 0.6) is 0 Å². The van der Waals surface area contributed by atoms with Crippen molar-refractivity contribution in [3.05, 3.63) is 36.5 Å². The molecule has 0 aromatic rings. The first kappa shape index (κ1) is 53.3. The van der Waals surface area contributed by atoms with E-state index in [1.807, 2.05) is 0 Å². The van der Waals surface area contributed by atoms with Gasteiger partial charge in [-0.3, -0.25) is 4.79 Å². The molecule has 0 spiro atoms. The molecule has 59 heavy (non-hydrogen) atoms. The summed E-state index contributed by atoms with van der Waals surface area (Å²) in [5.41, 5.74) is 0. The first-order chi connectivity index (χ1) is 28.6. The fraction of sp³-hybridized carbons (Fsp3) is 0.844. The summed E-state index contributed by atoms with van der Waals surface area (Å²) in [6.45, 7) is 2.67. The molecule has 344 valence electrons. The number of nitrogens with one attached hydrogen (secondary N) is 1. The molecule has 2 heterocycles. The number of rotatable bonds is 33. The Morgan fingerprint density at radius 1 is 0.610 bits per heavy atom. The zero-order valence-electron chi connectivity index (χ0n) is 36.0. The van der Waals surface area contributed by atoms with Gasteiger partial charge in [0.15, 0.2) is 12.6 Å². The summed E-state index contributed by atoms with van der Waals surface area (Å²) in [6.07, 6.45) is 18.1. The van der Waals surface area contributed by atoms with Gasteiger partial charge in [-0.25, -0.2) is 0 Å². The van der Waals surface area contributed by atoms with Crippen molar-refractivity contribution in [1.29, 1.82) is 0 Å². The monoisotopic (exact) mass is 844 g/mol. The fourth-order valence-electron chi connectivity index (χ4n) is 7.30. The smallest absolute Gasteiger partial charge is 0.220 e. The molecule has 0 aliphatic carbocycles. The second-order valence-corrected chi connectivity index (χ2v) is 16.2. The van der Waals surface area contributed by atoms with E-state index in [4.69, 9.17) is 18.9 Å². The molecule has 9 N–H and O–H groups in total. The van der Waals surface area contributed by atoms with Crippen LogP contribution >= 0.6 is 0 Å². The molecule has 12 unspecified atom stereocenters. The maximum atomic E-state index is 13.0. The van der Waals surface area contributed by atoms with E-state index >= 15 is 0 Å². The topological polar surface area (TPSA) is 228 Å². The van der Waals surface area contributed by atoms with Crippen LogP contribution in [0.1, 0.15) is 149 Å². The first-order valence-electron chi connectivity index (χ1n) is 22.7. The quantitative estimate of drug-likeness (QED) is 0.0331. The largest absolute Gasteiger partial charge is 0.394 e. The third-order valence-electron chi connectivity index (χ3n) is 11.1. The summed E-state index contributed by atoms with van der Waals surface area (Å²) in [5, 5.41) is 86.0. The fourth-order valence-corrected chi connectivity index (χ4v) is 7.30. The molecular formula is C45H81NO13. The molecular weight excluding hydrogens is 762 g/mol. The molecule has 14 heteroatoms.